The molecule has 0 saturated carbocycles. The molecular formula is C16H23NO4. The van der Waals surface area contributed by atoms with Gasteiger partial charge in [0.15, 0.2) is 0 Å². The maximum atomic E-state index is 11.9. The monoisotopic (exact) mass is 293 g/mol. The molecule has 0 heterocycles. The second-order valence-corrected chi connectivity index (χ2v) is 5.00. The molecule has 0 bridgehead atoms. The Kier molecular flexibility index (Phi) is 6.88. The smallest absolute Gasteiger partial charge is 0.335 e. The van der Waals surface area contributed by atoms with E-state index >= 15 is 0 Å². The van der Waals surface area contributed by atoms with E-state index < -0.39 is 5.97 Å². The molecule has 0 aliphatic heterocycles. The molecule has 0 amide bonds. The highest BCUT2D eigenvalue weighted by molar-refractivity contribution is 5.87. The summed E-state index contributed by atoms with van der Waals surface area (Å²) >= 11 is 0. The van der Waals surface area contributed by atoms with E-state index in [4.69, 9.17) is 9.84 Å². The highest BCUT2D eigenvalue weighted by Crippen LogP contribution is 2.11. The minimum Gasteiger partial charge on any atom is -0.478 e. The fraction of sp³-hybridized carbons (Fsp3) is 0.500. The first-order valence-electron chi connectivity index (χ1n) is 7.21. The maximum absolute atomic E-state index is 11.9. The molecule has 1 aromatic carbocycles. The van der Waals surface area contributed by atoms with Gasteiger partial charge >= 0.3 is 11.9 Å². The second-order valence-electron chi connectivity index (χ2n) is 5.00. The minimum atomic E-state index is -0.946. The molecule has 0 radical (unpaired) electrons. The van der Waals surface area contributed by atoms with Gasteiger partial charge in [0, 0.05) is 6.54 Å². The Labute approximate surface area is 125 Å². The Morgan fingerprint density at radius 1 is 1.24 bits per heavy atom. The summed E-state index contributed by atoms with van der Waals surface area (Å²) < 4.78 is 5.09. The molecule has 0 aliphatic rings. The van der Waals surface area contributed by atoms with Crippen molar-refractivity contribution >= 4 is 11.9 Å². The van der Waals surface area contributed by atoms with Crippen molar-refractivity contribution in [2.24, 2.45) is 5.92 Å². The Balaban J connectivity index is 2.67. The van der Waals surface area contributed by atoms with Crippen molar-refractivity contribution in [1.29, 1.82) is 0 Å². The van der Waals surface area contributed by atoms with Crippen LogP contribution in [-0.2, 0) is 16.1 Å². The van der Waals surface area contributed by atoms with Crippen LogP contribution in [0.2, 0.25) is 0 Å². The van der Waals surface area contributed by atoms with Gasteiger partial charge in [0.2, 0.25) is 0 Å². The van der Waals surface area contributed by atoms with E-state index in [1.807, 2.05) is 13.8 Å². The predicted molar refractivity (Wildman–Crippen MR) is 80.1 cm³/mol. The molecule has 2 N–H and O–H groups in total. The maximum Gasteiger partial charge on any atom is 0.335 e. The van der Waals surface area contributed by atoms with Crippen LogP contribution in [0.15, 0.2) is 24.3 Å². The number of ether oxygens (including phenoxy) is 1. The van der Waals surface area contributed by atoms with E-state index in [2.05, 4.69) is 5.32 Å². The fourth-order valence-electron chi connectivity index (χ4n) is 1.98. The SMILES string of the molecule is CCOC(=O)C(NCc1ccc(C(=O)O)cc1)C(C)CC. The lowest BCUT2D eigenvalue weighted by atomic mass is 9.99. The van der Waals surface area contributed by atoms with Crippen LogP contribution in [0.25, 0.3) is 0 Å². The number of carboxylic acid groups (broad SMARTS) is 1. The topological polar surface area (TPSA) is 75.6 Å². The van der Waals surface area contributed by atoms with Crippen LogP contribution in [-0.4, -0.2) is 29.7 Å². The van der Waals surface area contributed by atoms with Crippen molar-refractivity contribution in [2.75, 3.05) is 6.61 Å². The zero-order valence-electron chi connectivity index (χ0n) is 12.8. The van der Waals surface area contributed by atoms with Crippen molar-refractivity contribution in [3.05, 3.63) is 35.4 Å². The Hall–Kier alpha value is -1.88. The third-order valence-corrected chi connectivity index (χ3v) is 3.48. The number of hydrogen-bond donors (Lipinski definition) is 2. The fourth-order valence-corrected chi connectivity index (χ4v) is 1.98. The van der Waals surface area contributed by atoms with E-state index in [-0.39, 0.29) is 23.5 Å². The van der Waals surface area contributed by atoms with Gasteiger partial charge in [0.05, 0.1) is 12.2 Å². The quantitative estimate of drug-likeness (QED) is 0.720. The average molecular weight is 293 g/mol. The van der Waals surface area contributed by atoms with Crippen LogP contribution in [0, 0.1) is 5.92 Å². The third-order valence-electron chi connectivity index (χ3n) is 3.48. The molecule has 0 spiro atoms. The molecule has 0 aliphatic carbocycles. The van der Waals surface area contributed by atoms with Crippen LogP contribution < -0.4 is 5.32 Å². The molecule has 2 atom stereocenters. The second kappa shape index (κ2) is 8.42. The molecule has 0 fully saturated rings. The lowest BCUT2D eigenvalue weighted by Crippen LogP contribution is -2.42. The summed E-state index contributed by atoms with van der Waals surface area (Å²) in [5.74, 6) is -1.02. The summed E-state index contributed by atoms with van der Waals surface area (Å²) in [4.78, 5) is 22.7. The standard InChI is InChI=1S/C16H23NO4/c1-4-11(3)14(16(20)21-5-2)17-10-12-6-8-13(9-7-12)15(18)19/h6-9,11,14,17H,4-5,10H2,1-3H3,(H,18,19). The van der Waals surface area contributed by atoms with Gasteiger partial charge in [-0.1, -0.05) is 32.4 Å². The van der Waals surface area contributed by atoms with Gasteiger partial charge in [-0.05, 0) is 30.5 Å². The number of carboxylic acids is 1. The number of carbonyl (C=O) groups excluding carboxylic acids is 1. The molecule has 21 heavy (non-hydrogen) atoms. The first-order valence-corrected chi connectivity index (χ1v) is 7.21. The number of rotatable bonds is 8. The van der Waals surface area contributed by atoms with E-state index in [0.29, 0.717) is 13.2 Å². The van der Waals surface area contributed by atoms with Crippen LogP contribution in [0.3, 0.4) is 0 Å². The van der Waals surface area contributed by atoms with Crippen LogP contribution >= 0.6 is 0 Å². The number of hydrogen-bond acceptors (Lipinski definition) is 4. The van der Waals surface area contributed by atoms with Crippen LogP contribution in [0.5, 0.6) is 0 Å². The molecule has 1 rings (SSSR count). The molecule has 5 nitrogen and oxygen atoms in total. The molecule has 5 heteroatoms. The molecule has 0 saturated heterocycles. The summed E-state index contributed by atoms with van der Waals surface area (Å²) in [5.41, 5.74) is 1.18. The van der Waals surface area contributed by atoms with Gasteiger partial charge in [-0.2, -0.15) is 0 Å². The lowest BCUT2D eigenvalue weighted by Gasteiger charge is -2.22. The summed E-state index contributed by atoms with van der Waals surface area (Å²) in [6, 6.07) is 6.25. The number of carbonyl (C=O) groups is 2. The molecule has 2 unspecified atom stereocenters. The number of benzene rings is 1. The van der Waals surface area contributed by atoms with Gasteiger partial charge in [0.1, 0.15) is 6.04 Å². The summed E-state index contributed by atoms with van der Waals surface area (Å²) in [5, 5.41) is 12.1. The highest BCUT2D eigenvalue weighted by atomic mass is 16.5. The number of nitrogens with one attached hydrogen (secondary N) is 1. The third kappa shape index (κ3) is 5.19. The summed E-state index contributed by atoms with van der Waals surface area (Å²) in [7, 11) is 0. The zero-order valence-corrected chi connectivity index (χ0v) is 12.8. The zero-order chi connectivity index (χ0) is 15.8. The van der Waals surface area contributed by atoms with Gasteiger partial charge < -0.3 is 15.2 Å². The first-order chi connectivity index (χ1) is 9.99. The molecular weight excluding hydrogens is 270 g/mol. The van der Waals surface area contributed by atoms with Crippen LogP contribution in [0.1, 0.15) is 43.1 Å². The van der Waals surface area contributed by atoms with Crippen molar-refractivity contribution < 1.29 is 19.4 Å². The van der Waals surface area contributed by atoms with E-state index in [9.17, 15) is 9.59 Å². The van der Waals surface area contributed by atoms with Crippen molar-refractivity contribution in [1.82, 2.24) is 5.32 Å². The summed E-state index contributed by atoms with van der Waals surface area (Å²) in [6.45, 7) is 6.67. The molecule has 116 valence electrons. The molecule has 1 aromatic rings. The van der Waals surface area contributed by atoms with Crippen molar-refractivity contribution in [3.63, 3.8) is 0 Å². The average Bonchev–Trinajstić information content (AvgIpc) is 2.47. The van der Waals surface area contributed by atoms with E-state index in [0.717, 1.165) is 12.0 Å². The molecule has 0 aromatic heterocycles. The van der Waals surface area contributed by atoms with E-state index in [1.54, 1.807) is 31.2 Å². The Bertz CT molecular complexity index is 470. The van der Waals surface area contributed by atoms with Crippen molar-refractivity contribution in [3.8, 4) is 0 Å². The Morgan fingerprint density at radius 3 is 2.33 bits per heavy atom. The minimum absolute atomic E-state index is 0.169. The predicted octanol–water partition coefficient (Wildman–Crippen LogP) is 2.45. The lowest BCUT2D eigenvalue weighted by molar-refractivity contribution is -0.147. The number of esters is 1. The normalized spacial score (nSPS) is 13.5. The first kappa shape index (κ1) is 17.2. The highest BCUT2D eigenvalue weighted by Gasteiger charge is 2.24. The van der Waals surface area contributed by atoms with Crippen molar-refractivity contribution in [2.45, 2.75) is 39.8 Å². The number of aromatic carboxylic acids is 1. The van der Waals surface area contributed by atoms with E-state index in [1.165, 1.54) is 0 Å². The van der Waals surface area contributed by atoms with Gasteiger partial charge in [-0.3, -0.25) is 4.79 Å². The largest absolute Gasteiger partial charge is 0.478 e. The van der Waals surface area contributed by atoms with Gasteiger partial charge in [-0.15, -0.1) is 0 Å². The Morgan fingerprint density at radius 2 is 1.86 bits per heavy atom. The van der Waals surface area contributed by atoms with Crippen LogP contribution in [0.4, 0.5) is 0 Å². The van der Waals surface area contributed by atoms with Gasteiger partial charge in [0.25, 0.3) is 0 Å². The van der Waals surface area contributed by atoms with Gasteiger partial charge in [-0.25, -0.2) is 4.79 Å². The summed E-state index contributed by atoms with van der Waals surface area (Å²) in [6.07, 6.45) is 0.869.